The van der Waals surface area contributed by atoms with Crippen molar-refractivity contribution in [2.45, 2.75) is 6.92 Å². The van der Waals surface area contributed by atoms with Crippen molar-refractivity contribution in [2.24, 2.45) is 0 Å². The zero-order chi connectivity index (χ0) is 18.1. The highest BCUT2D eigenvalue weighted by Gasteiger charge is 2.13. The summed E-state index contributed by atoms with van der Waals surface area (Å²) in [5.74, 6) is -1.02. The molecule has 0 heterocycles. The quantitative estimate of drug-likeness (QED) is 0.260. The Labute approximate surface area is 142 Å². The summed E-state index contributed by atoms with van der Waals surface area (Å²) in [4.78, 5) is 32.9. The topological polar surface area (TPSA) is 120 Å². The van der Waals surface area contributed by atoms with Crippen molar-refractivity contribution in [3.8, 4) is 5.75 Å². The molecule has 0 unspecified atom stereocenters. The van der Waals surface area contributed by atoms with Crippen molar-refractivity contribution >= 4 is 40.6 Å². The number of benzene rings is 1. The van der Waals surface area contributed by atoms with Gasteiger partial charge in [0.1, 0.15) is 5.75 Å². The molecule has 0 saturated carbocycles. The van der Waals surface area contributed by atoms with Crippen LogP contribution in [0.4, 0.5) is 11.4 Å². The van der Waals surface area contributed by atoms with E-state index in [1.807, 2.05) is 0 Å². The molecular formula is C14H15N3O6S. The molecule has 0 saturated heterocycles. The van der Waals surface area contributed by atoms with Gasteiger partial charge in [-0.1, -0.05) is 0 Å². The van der Waals surface area contributed by atoms with E-state index in [-0.39, 0.29) is 23.1 Å². The summed E-state index contributed by atoms with van der Waals surface area (Å²) in [6.07, 6.45) is 1.91. The van der Waals surface area contributed by atoms with Crippen LogP contribution >= 0.6 is 12.2 Å². The van der Waals surface area contributed by atoms with Gasteiger partial charge in [-0.15, -0.1) is 0 Å². The third kappa shape index (κ3) is 6.01. The van der Waals surface area contributed by atoms with E-state index in [0.717, 1.165) is 12.2 Å². The first-order chi connectivity index (χ1) is 11.4. The Balaban J connectivity index is 2.74. The van der Waals surface area contributed by atoms with E-state index in [9.17, 15) is 19.7 Å². The van der Waals surface area contributed by atoms with Gasteiger partial charge >= 0.3 is 5.97 Å². The molecule has 10 heteroatoms. The number of methoxy groups -OCH3 is 1. The number of nitro benzene ring substituents is 1. The minimum Gasteiger partial charge on any atom is -0.495 e. The van der Waals surface area contributed by atoms with Gasteiger partial charge in [-0.3, -0.25) is 20.2 Å². The summed E-state index contributed by atoms with van der Waals surface area (Å²) in [5.41, 5.74) is 0.0426. The molecule has 0 spiro atoms. The molecule has 9 nitrogen and oxygen atoms in total. The average Bonchev–Trinajstić information content (AvgIpc) is 2.53. The number of carbonyl (C=O) groups is 2. The smallest absolute Gasteiger partial charge is 0.330 e. The fraction of sp³-hybridized carbons (Fsp3) is 0.214. The highest BCUT2D eigenvalue weighted by Crippen LogP contribution is 2.28. The van der Waals surface area contributed by atoms with Crippen molar-refractivity contribution in [3.05, 3.63) is 40.5 Å². The maximum absolute atomic E-state index is 11.6. The van der Waals surface area contributed by atoms with Crippen LogP contribution in [0.15, 0.2) is 30.4 Å². The first-order valence-corrected chi connectivity index (χ1v) is 7.07. The number of esters is 1. The number of nitrogens with one attached hydrogen (secondary N) is 2. The van der Waals surface area contributed by atoms with E-state index in [1.54, 1.807) is 6.92 Å². The monoisotopic (exact) mass is 353 g/mol. The minimum absolute atomic E-state index is 0.118. The van der Waals surface area contributed by atoms with Crippen LogP contribution < -0.4 is 15.4 Å². The predicted octanol–water partition coefficient (Wildman–Crippen LogP) is 1.54. The number of carbonyl (C=O) groups excluding carboxylic acids is 2. The summed E-state index contributed by atoms with van der Waals surface area (Å²) in [5, 5.41) is 15.6. The molecule has 0 fully saturated rings. The van der Waals surface area contributed by atoms with E-state index in [4.69, 9.17) is 17.0 Å². The van der Waals surface area contributed by atoms with E-state index in [1.165, 1.54) is 25.3 Å². The number of nitro groups is 1. The maximum Gasteiger partial charge on any atom is 0.330 e. The molecule has 0 aliphatic heterocycles. The second-order valence-corrected chi connectivity index (χ2v) is 4.58. The van der Waals surface area contributed by atoms with E-state index in [2.05, 4.69) is 15.4 Å². The van der Waals surface area contributed by atoms with Crippen molar-refractivity contribution in [2.75, 3.05) is 19.0 Å². The maximum atomic E-state index is 11.6. The summed E-state index contributed by atoms with van der Waals surface area (Å²) < 4.78 is 9.68. The van der Waals surface area contributed by atoms with Gasteiger partial charge in [-0.2, -0.15) is 0 Å². The molecule has 0 bridgehead atoms. The zero-order valence-electron chi connectivity index (χ0n) is 12.9. The first-order valence-electron chi connectivity index (χ1n) is 6.66. The van der Waals surface area contributed by atoms with E-state index >= 15 is 0 Å². The molecule has 1 aromatic rings. The van der Waals surface area contributed by atoms with E-state index < -0.39 is 16.8 Å². The molecule has 2 N–H and O–H groups in total. The van der Waals surface area contributed by atoms with Gasteiger partial charge < -0.3 is 14.8 Å². The molecular weight excluding hydrogens is 338 g/mol. The van der Waals surface area contributed by atoms with Gasteiger partial charge in [0.15, 0.2) is 5.11 Å². The molecule has 0 radical (unpaired) electrons. The Bertz CT molecular complexity index is 689. The molecule has 0 aromatic heterocycles. The van der Waals surface area contributed by atoms with Crippen molar-refractivity contribution in [1.82, 2.24) is 5.32 Å². The number of thiocarbonyl (C=S) groups is 1. The summed E-state index contributed by atoms with van der Waals surface area (Å²) >= 11 is 4.94. The van der Waals surface area contributed by atoms with Gasteiger partial charge in [0, 0.05) is 24.3 Å². The summed E-state index contributed by atoms with van der Waals surface area (Å²) in [7, 11) is 1.38. The van der Waals surface area contributed by atoms with Crippen molar-refractivity contribution < 1.29 is 24.0 Å². The molecule has 24 heavy (non-hydrogen) atoms. The predicted molar refractivity (Wildman–Crippen MR) is 89.8 cm³/mol. The number of amides is 1. The Hall–Kier alpha value is -3.01. The molecule has 0 atom stereocenters. The average molecular weight is 353 g/mol. The fourth-order valence-electron chi connectivity index (χ4n) is 1.55. The van der Waals surface area contributed by atoms with Gasteiger partial charge in [0.25, 0.3) is 5.69 Å². The number of rotatable bonds is 6. The Morgan fingerprint density at radius 2 is 2.08 bits per heavy atom. The lowest BCUT2D eigenvalue weighted by Crippen LogP contribution is -2.33. The third-order valence-corrected chi connectivity index (χ3v) is 2.74. The molecule has 1 rings (SSSR count). The summed E-state index contributed by atoms with van der Waals surface area (Å²) in [6.45, 7) is 1.83. The second-order valence-electron chi connectivity index (χ2n) is 4.17. The second kappa shape index (κ2) is 9.20. The molecule has 1 amide bonds. The van der Waals surface area contributed by atoms with Crippen LogP contribution in [0.25, 0.3) is 0 Å². The highest BCUT2D eigenvalue weighted by atomic mass is 32.1. The molecule has 128 valence electrons. The first kappa shape index (κ1) is 19.0. The third-order valence-electron chi connectivity index (χ3n) is 2.54. The number of nitrogens with zero attached hydrogens (tertiary/aromatic N) is 1. The normalized spacial score (nSPS) is 10.1. The van der Waals surface area contributed by atoms with Gasteiger partial charge in [0.2, 0.25) is 5.91 Å². The fourth-order valence-corrected chi connectivity index (χ4v) is 1.76. The summed E-state index contributed by atoms with van der Waals surface area (Å²) in [6, 6.07) is 3.88. The van der Waals surface area contributed by atoms with Crippen LogP contribution in [-0.2, 0) is 14.3 Å². The largest absolute Gasteiger partial charge is 0.495 e. The zero-order valence-corrected chi connectivity index (χ0v) is 13.7. The molecule has 0 aliphatic carbocycles. The number of anilines is 1. The van der Waals surface area contributed by atoms with Gasteiger partial charge in [-0.05, 0) is 25.2 Å². The van der Waals surface area contributed by atoms with Crippen molar-refractivity contribution in [3.63, 3.8) is 0 Å². The number of ether oxygens (including phenoxy) is 2. The van der Waals surface area contributed by atoms with Crippen LogP contribution in [0.5, 0.6) is 5.75 Å². The molecule has 0 aliphatic rings. The molecule has 1 aromatic carbocycles. The Morgan fingerprint density at radius 3 is 2.67 bits per heavy atom. The standard InChI is InChI=1S/C14H15N3O6S/c1-3-23-13(19)7-6-12(18)16-14(24)15-10-8-9(17(20)21)4-5-11(10)22-2/h4-8H,3H2,1-2H3,(H2,15,16,18,24)/b7-6+. The number of hydrogen-bond acceptors (Lipinski definition) is 7. The van der Waals surface area contributed by atoms with Gasteiger partial charge in [0.05, 0.1) is 24.3 Å². The number of non-ortho nitro benzene ring substituents is 1. The lowest BCUT2D eigenvalue weighted by atomic mass is 10.2. The Kier molecular flexibility index (Phi) is 7.30. The minimum atomic E-state index is -0.662. The van der Waals surface area contributed by atoms with Gasteiger partial charge in [-0.25, -0.2) is 4.79 Å². The van der Waals surface area contributed by atoms with Crippen LogP contribution in [0.2, 0.25) is 0 Å². The van der Waals surface area contributed by atoms with Crippen molar-refractivity contribution in [1.29, 1.82) is 0 Å². The SMILES string of the molecule is CCOC(=O)/C=C/C(=O)NC(=S)Nc1cc([N+](=O)[O-])ccc1OC. The van der Waals surface area contributed by atoms with Crippen LogP contribution in [0.3, 0.4) is 0 Å². The lowest BCUT2D eigenvalue weighted by molar-refractivity contribution is -0.384. The van der Waals surface area contributed by atoms with E-state index in [0.29, 0.717) is 5.75 Å². The lowest BCUT2D eigenvalue weighted by Gasteiger charge is -2.11. The number of hydrogen-bond donors (Lipinski definition) is 2. The Morgan fingerprint density at radius 1 is 1.38 bits per heavy atom. The van der Waals surface area contributed by atoms with Crippen LogP contribution in [0, 0.1) is 10.1 Å². The van der Waals surface area contributed by atoms with Crippen LogP contribution in [0.1, 0.15) is 6.92 Å². The van der Waals surface area contributed by atoms with Crippen LogP contribution in [-0.4, -0.2) is 35.6 Å². The highest BCUT2D eigenvalue weighted by molar-refractivity contribution is 7.80.